The van der Waals surface area contributed by atoms with Crippen LogP contribution in [0.25, 0.3) is 22.3 Å². The summed E-state index contributed by atoms with van der Waals surface area (Å²) in [6.07, 6.45) is 2.09. The Morgan fingerprint density at radius 3 is 1.45 bits per heavy atom. The van der Waals surface area contributed by atoms with Gasteiger partial charge in [-0.2, -0.15) is 0 Å². The van der Waals surface area contributed by atoms with Gasteiger partial charge in [-0.05, 0) is 58.4 Å². The van der Waals surface area contributed by atoms with E-state index in [1.807, 2.05) is 0 Å². The molecule has 0 heterocycles. The van der Waals surface area contributed by atoms with Crippen LogP contribution in [0, 0.1) is 11.8 Å². The first-order chi connectivity index (χ1) is 10.9. The summed E-state index contributed by atoms with van der Waals surface area (Å²) in [5, 5.41) is 0. The second-order valence-corrected chi connectivity index (χ2v) is 6.42. The molecule has 0 atom stereocenters. The van der Waals surface area contributed by atoms with Crippen LogP contribution in [0.2, 0.25) is 0 Å². The molecule has 3 aliphatic rings. The van der Waals surface area contributed by atoms with Crippen LogP contribution in [0.1, 0.15) is 33.4 Å². The van der Waals surface area contributed by atoms with Crippen molar-refractivity contribution in [3.05, 3.63) is 81.9 Å². The van der Waals surface area contributed by atoms with Gasteiger partial charge < -0.3 is 0 Å². The molecule has 22 heavy (non-hydrogen) atoms. The van der Waals surface area contributed by atoms with Gasteiger partial charge in [0, 0.05) is 22.3 Å². The molecule has 0 unspecified atom stereocenters. The predicted octanol–water partition coefficient (Wildman–Crippen LogP) is 4.54. The minimum atomic E-state index is 1.05. The summed E-state index contributed by atoms with van der Waals surface area (Å²) in [6, 6.07) is 17.8. The first-order valence-corrected chi connectivity index (χ1v) is 7.81. The lowest BCUT2D eigenvalue weighted by Gasteiger charge is -2.14. The quantitative estimate of drug-likeness (QED) is 0.357. The molecule has 0 aliphatic heterocycles. The number of rotatable bonds is 0. The van der Waals surface area contributed by atoms with Crippen LogP contribution in [0.3, 0.4) is 0 Å². The summed E-state index contributed by atoms with van der Waals surface area (Å²) in [5.74, 6) is 6.87. The molecule has 0 nitrogen and oxygen atoms in total. The van der Waals surface area contributed by atoms with Crippen LogP contribution in [0.5, 0.6) is 0 Å². The second kappa shape index (κ2) is 3.51. The summed E-state index contributed by atoms with van der Waals surface area (Å²) in [5.41, 5.74) is 13.9. The third-order valence-corrected chi connectivity index (χ3v) is 5.27. The molecule has 3 aromatic carbocycles. The van der Waals surface area contributed by atoms with Gasteiger partial charge in [0.25, 0.3) is 0 Å². The number of hydrogen-bond donors (Lipinski definition) is 0. The van der Waals surface area contributed by atoms with Crippen LogP contribution in [-0.4, -0.2) is 0 Å². The van der Waals surface area contributed by atoms with Gasteiger partial charge in [0.1, 0.15) is 0 Å². The van der Waals surface area contributed by atoms with Crippen molar-refractivity contribution in [2.45, 2.75) is 12.8 Å². The largest absolute Gasteiger partial charge is 0.0610 e. The molecule has 0 amide bonds. The van der Waals surface area contributed by atoms with Gasteiger partial charge in [-0.3, -0.25) is 0 Å². The van der Waals surface area contributed by atoms with Gasteiger partial charge in [-0.1, -0.05) is 48.2 Å². The Kier molecular flexibility index (Phi) is 1.74. The Morgan fingerprint density at radius 2 is 0.955 bits per heavy atom. The van der Waals surface area contributed by atoms with Crippen LogP contribution >= 0.6 is 0 Å². The van der Waals surface area contributed by atoms with E-state index in [9.17, 15) is 0 Å². The topological polar surface area (TPSA) is 0 Å². The Labute approximate surface area is 129 Å². The average Bonchev–Trinajstić information content (AvgIpc) is 3.08. The van der Waals surface area contributed by atoms with Crippen molar-refractivity contribution in [3.8, 4) is 34.1 Å². The molecule has 3 aliphatic carbocycles. The first-order valence-electron chi connectivity index (χ1n) is 7.81. The smallest absolute Gasteiger partial charge is 0.0330 e. The standard InChI is InChI=1S/C22H12/c1-3-13-7-8-14-4-2-6-16-12-18-10-9-17-11-15(5-1)19(13)21(17)22(18)20(14)16/h1-6,9-10H,11-12H2. The Morgan fingerprint density at radius 1 is 0.500 bits per heavy atom. The van der Waals surface area contributed by atoms with Crippen molar-refractivity contribution < 1.29 is 0 Å². The Bertz CT molecular complexity index is 987. The predicted molar refractivity (Wildman–Crippen MR) is 88.9 cm³/mol. The molecular weight excluding hydrogens is 264 g/mol. The van der Waals surface area contributed by atoms with Crippen molar-refractivity contribution in [3.63, 3.8) is 0 Å². The van der Waals surface area contributed by atoms with E-state index < -0.39 is 0 Å². The van der Waals surface area contributed by atoms with Gasteiger partial charge >= 0.3 is 0 Å². The van der Waals surface area contributed by atoms with Crippen molar-refractivity contribution >= 4 is 0 Å². The maximum Gasteiger partial charge on any atom is 0.0330 e. The van der Waals surface area contributed by atoms with Gasteiger partial charge in [-0.25, -0.2) is 0 Å². The minimum Gasteiger partial charge on any atom is -0.0610 e. The lowest BCUT2D eigenvalue weighted by Crippen LogP contribution is -1.93. The first kappa shape index (κ1) is 10.9. The summed E-state index contributed by atoms with van der Waals surface area (Å²) in [7, 11) is 0. The zero-order valence-corrected chi connectivity index (χ0v) is 12.0. The van der Waals surface area contributed by atoms with Gasteiger partial charge in [0.15, 0.2) is 0 Å². The van der Waals surface area contributed by atoms with Gasteiger partial charge in [-0.15, -0.1) is 0 Å². The molecule has 0 aromatic heterocycles. The fourth-order valence-corrected chi connectivity index (χ4v) is 4.39. The molecule has 0 bridgehead atoms. The lowest BCUT2D eigenvalue weighted by molar-refractivity contribution is 1.23. The molecule has 0 heteroatoms. The molecule has 0 saturated heterocycles. The molecule has 0 saturated carbocycles. The molecule has 0 spiro atoms. The number of benzene rings is 3. The second-order valence-electron chi connectivity index (χ2n) is 6.42. The Hall–Kier alpha value is -2.78. The highest BCUT2D eigenvalue weighted by Crippen LogP contribution is 2.51. The van der Waals surface area contributed by atoms with Crippen molar-refractivity contribution in [2.24, 2.45) is 0 Å². The molecule has 100 valence electrons. The maximum atomic E-state index is 3.44. The van der Waals surface area contributed by atoms with E-state index in [0.29, 0.717) is 0 Å². The van der Waals surface area contributed by atoms with Gasteiger partial charge in [0.05, 0.1) is 0 Å². The maximum absolute atomic E-state index is 3.44. The summed E-state index contributed by atoms with van der Waals surface area (Å²) in [4.78, 5) is 0. The van der Waals surface area contributed by atoms with Crippen LogP contribution < -0.4 is 0 Å². The molecule has 6 rings (SSSR count). The van der Waals surface area contributed by atoms with Crippen LogP contribution in [-0.2, 0) is 12.8 Å². The third kappa shape index (κ3) is 1.13. The van der Waals surface area contributed by atoms with E-state index in [4.69, 9.17) is 0 Å². The highest BCUT2D eigenvalue weighted by Gasteiger charge is 2.31. The van der Waals surface area contributed by atoms with E-state index in [0.717, 1.165) is 12.8 Å². The fourth-order valence-electron chi connectivity index (χ4n) is 4.39. The van der Waals surface area contributed by atoms with Gasteiger partial charge in [0.2, 0.25) is 0 Å². The summed E-state index contributed by atoms with van der Waals surface area (Å²) < 4.78 is 0. The molecule has 0 fully saturated rings. The zero-order chi connectivity index (χ0) is 14.3. The molecular formula is C22H12. The lowest BCUT2D eigenvalue weighted by atomic mass is 9.88. The van der Waals surface area contributed by atoms with E-state index in [1.165, 1.54) is 55.6 Å². The summed E-state index contributed by atoms with van der Waals surface area (Å²) >= 11 is 0. The monoisotopic (exact) mass is 276 g/mol. The number of hydrogen-bond acceptors (Lipinski definition) is 0. The molecule has 0 radical (unpaired) electrons. The van der Waals surface area contributed by atoms with Crippen molar-refractivity contribution in [1.29, 1.82) is 0 Å². The average molecular weight is 276 g/mol. The van der Waals surface area contributed by atoms with E-state index in [1.54, 1.807) is 0 Å². The van der Waals surface area contributed by atoms with E-state index in [-0.39, 0.29) is 0 Å². The van der Waals surface area contributed by atoms with Crippen molar-refractivity contribution in [1.82, 2.24) is 0 Å². The summed E-state index contributed by atoms with van der Waals surface area (Å²) in [6.45, 7) is 0. The normalized spacial score (nSPS) is 14.0. The SMILES string of the molecule is C1#Cc2cccc3c2-c2c(ccc4c2-c2c1cccc2C4)C3. The minimum absolute atomic E-state index is 1.05. The Balaban J connectivity index is 1.91. The highest BCUT2D eigenvalue weighted by molar-refractivity contribution is 5.99. The van der Waals surface area contributed by atoms with Crippen LogP contribution in [0.15, 0.2) is 48.5 Å². The van der Waals surface area contributed by atoms with Crippen LogP contribution in [0.4, 0.5) is 0 Å². The van der Waals surface area contributed by atoms with E-state index >= 15 is 0 Å². The molecule has 3 aromatic rings. The zero-order valence-electron chi connectivity index (χ0n) is 12.0. The highest BCUT2D eigenvalue weighted by atomic mass is 14.3. The van der Waals surface area contributed by atoms with Crippen molar-refractivity contribution in [2.75, 3.05) is 0 Å². The fraction of sp³-hybridized carbons (Fsp3) is 0.0909. The van der Waals surface area contributed by atoms with E-state index in [2.05, 4.69) is 60.4 Å². The third-order valence-electron chi connectivity index (χ3n) is 5.27. The molecule has 0 N–H and O–H groups in total.